The molecule has 0 saturated heterocycles. The molecule has 1 unspecified atom stereocenters. The maximum atomic E-state index is 12.0. The Morgan fingerprint density at radius 3 is 2.77 bits per heavy atom. The molecular formula is C24H35NO6. The lowest BCUT2D eigenvalue weighted by Gasteiger charge is -2.27. The quantitative estimate of drug-likeness (QED) is 0.365. The Morgan fingerprint density at radius 2 is 2.06 bits per heavy atom. The largest absolute Gasteiger partial charge is 0.497 e. The standard InChI is InChI=1S/C24H35NO6/c1-25(2)16-21(31-24(28)14-13-23(26)27)17-30-22-10-5-4-8-19(22)12-11-18-7-6-9-20(15-18)29-3/h4-9,15,21-23,26-27H,10-14,16-17H2,1-3H3/t21-,22?/m1/s1. The minimum atomic E-state index is -1.51. The SMILES string of the molecule is COc1cccc(CCC2=CC=CCC2OC[C@@H](CN(C)C)OC(=O)CCC(O)O)c1. The Morgan fingerprint density at radius 1 is 1.26 bits per heavy atom. The molecule has 2 N–H and O–H groups in total. The minimum absolute atomic E-state index is 0.0422. The van der Waals surface area contributed by atoms with Crippen molar-refractivity contribution in [2.75, 3.05) is 34.4 Å². The summed E-state index contributed by atoms with van der Waals surface area (Å²) in [6.45, 7) is 0.805. The van der Waals surface area contributed by atoms with Crippen molar-refractivity contribution in [1.82, 2.24) is 4.90 Å². The third-order valence-corrected chi connectivity index (χ3v) is 5.00. The molecular weight excluding hydrogens is 398 g/mol. The second-order valence-corrected chi connectivity index (χ2v) is 7.97. The van der Waals surface area contributed by atoms with Crippen LogP contribution in [0, 0.1) is 0 Å². The van der Waals surface area contributed by atoms with Gasteiger partial charge in [-0.1, -0.05) is 30.4 Å². The van der Waals surface area contributed by atoms with E-state index >= 15 is 0 Å². The Kier molecular flexibility index (Phi) is 10.7. The molecule has 0 heterocycles. The van der Waals surface area contributed by atoms with Crippen molar-refractivity contribution in [1.29, 1.82) is 0 Å². The van der Waals surface area contributed by atoms with E-state index in [2.05, 4.69) is 24.3 Å². The predicted octanol–water partition coefficient (Wildman–Crippen LogP) is 2.46. The van der Waals surface area contributed by atoms with Crippen LogP contribution in [0.2, 0.25) is 0 Å². The van der Waals surface area contributed by atoms with Gasteiger partial charge in [-0.15, -0.1) is 0 Å². The normalized spacial score (nSPS) is 17.0. The van der Waals surface area contributed by atoms with E-state index in [4.69, 9.17) is 24.4 Å². The first-order chi connectivity index (χ1) is 14.9. The third kappa shape index (κ3) is 9.65. The van der Waals surface area contributed by atoms with Gasteiger partial charge in [-0.3, -0.25) is 4.79 Å². The number of benzene rings is 1. The highest BCUT2D eigenvalue weighted by atomic mass is 16.6. The molecule has 0 fully saturated rings. The van der Waals surface area contributed by atoms with Gasteiger partial charge >= 0.3 is 5.97 Å². The fraction of sp³-hybridized carbons (Fsp3) is 0.542. The number of esters is 1. The lowest BCUT2D eigenvalue weighted by atomic mass is 9.95. The molecule has 1 aromatic rings. The molecule has 1 aliphatic rings. The number of methoxy groups -OCH3 is 1. The van der Waals surface area contributed by atoms with Crippen molar-refractivity contribution in [2.45, 2.75) is 50.6 Å². The summed E-state index contributed by atoms with van der Waals surface area (Å²) in [6.07, 6.45) is 6.69. The first-order valence-corrected chi connectivity index (χ1v) is 10.7. The monoisotopic (exact) mass is 433 g/mol. The van der Waals surface area contributed by atoms with Crippen LogP contribution in [0.4, 0.5) is 0 Å². The number of ether oxygens (including phenoxy) is 3. The lowest BCUT2D eigenvalue weighted by Crippen LogP contribution is -2.36. The van der Waals surface area contributed by atoms with Crippen LogP contribution in [-0.4, -0.2) is 73.9 Å². The first-order valence-electron chi connectivity index (χ1n) is 10.7. The number of carbonyl (C=O) groups excluding carboxylic acids is 1. The summed E-state index contributed by atoms with van der Waals surface area (Å²) in [6, 6.07) is 8.07. The summed E-state index contributed by atoms with van der Waals surface area (Å²) in [7, 11) is 5.47. The smallest absolute Gasteiger partial charge is 0.306 e. The second-order valence-electron chi connectivity index (χ2n) is 7.97. The van der Waals surface area contributed by atoms with Crippen molar-refractivity contribution in [3.63, 3.8) is 0 Å². The number of rotatable bonds is 13. The number of allylic oxidation sites excluding steroid dienone is 2. The van der Waals surface area contributed by atoms with Gasteiger partial charge in [0, 0.05) is 13.0 Å². The van der Waals surface area contributed by atoms with Crippen LogP contribution in [-0.2, 0) is 20.7 Å². The van der Waals surface area contributed by atoms with Gasteiger partial charge in [0.25, 0.3) is 0 Å². The van der Waals surface area contributed by atoms with E-state index in [1.807, 2.05) is 37.2 Å². The van der Waals surface area contributed by atoms with Crippen LogP contribution in [0.5, 0.6) is 5.75 Å². The molecule has 1 aromatic carbocycles. The van der Waals surface area contributed by atoms with Crippen molar-refractivity contribution < 1.29 is 29.2 Å². The van der Waals surface area contributed by atoms with E-state index in [9.17, 15) is 4.79 Å². The number of aliphatic hydroxyl groups is 2. The Hall–Kier alpha value is -2.19. The number of nitrogens with zero attached hydrogens (tertiary/aromatic N) is 1. The fourth-order valence-electron chi connectivity index (χ4n) is 3.44. The Labute approximate surface area is 184 Å². The average Bonchev–Trinajstić information content (AvgIpc) is 2.75. The Bertz CT molecular complexity index is 743. The zero-order chi connectivity index (χ0) is 22.6. The molecule has 1 aliphatic carbocycles. The van der Waals surface area contributed by atoms with Crippen LogP contribution in [0.1, 0.15) is 31.2 Å². The molecule has 0 spiro atoms. The minimum Gasteiger partial charge on any atom is -0.497 e. The van der Waals surface area contributed by atoms with Crippen molar-refractivity contribution in [2.24, 2.45) is 0 Å². The maximum Gasteiger partial charge on any atom is 0.306 e. The summed E-state index contributed by atoms with van der Waals surface area (Å²) in [4.78, 5) is 13.9. The summed E-state index contributed by atoms with van der Waals surface area (Å²) in [5.41, 5.74) is 2.42. The topological polar surface area (TPSA) is 88.5 Å². The molecule has 172 valence electrons. The molecule has 7 nitrogen and oxygen atoms in total. The summed E-state index contributed by atoms with van der Waals surface area (Å²) >= 11 is 0. The third-order valence-electron chi connectivity index (χ3n) is 5.00. The molecule has 31 heavy (non-hydrogen) atoms. The van der Waals surface area contributed by atoms with E-state index in [-0.39, 0.29) is 25.6 Å². The van der Waals surface area contributed by atoms with Crippen LogP contribution < -0.4 is 4.74 Å². The number of aliphatic hydroxyl groups excluding tert-OH is 1. The second kappa shape index (κ2) is 13.3. The zero-order valence-electron chi connectivity index (χ0n) is 18.7. The van der Waals surface area contributed by atoms with Gasteiger partial charge in [0.1, 0.15) is 11.9 Å². The number of carbonyl (C=O) groups is 1. The van der Waals surface area contributed by atoms with E-state index < -0.39 is 18.4 Å². The molecule has 2 atom stereocenters. The van der Waals surface area contributed by atoms with Crippen molar-refractivity contribution in [3.8, 4) is 5.75 Å². The zero-order valence-corrected chi connectivity index (χ0v) is 18.7. The lowest BCUT2D eigenvalue weighted by molar-refractivity contribution is -0.156. The van der Waals surface area contributed by atoms with E-state index in [0.29, 0.717) is 6.54 Å². The predicted molar refractivity (Wildman–Crippen MR) is 119 cm³/mol. The van der Waals surface area contributed by atoms with Gasteiger partial charge in [-0.05, 0) is 56.6 Å². The van der Waals surface area contributed by atoms with Crippen LogP contribution in [0.3, 0.4) is 0 Å². The van der Waals surface area contributed by atoms with E-state index in [1.165, 1.54) is 11.1 Å². The Balaban J connectivity index is 1.90. The highest BCUT2D eigenvalue weighted by molar-refractivity contribution is 5.69. The number of aryl methyl sites for hydroxylation is 1. The summed E-state index contributed by atoms with van der Waals surface area (Å²) < 4.78 is 17.0. The van der Waals surface area contributed by atoms with Gasteiger partial charge in [0.05, 0.1) is 26.2 Å². The summed E-state index contributed by atoms with van der Waals surface area (Å²) in [5.74, 6) is 0.394. The molecule has 0 aromatic heterocycles. The first kappa shape index (κ1) is 25.1. The molecule has 0 aliphatic heterocycles. The van der Waals surface area contributed by atoms with E-state index in [0.717, 1.165) is 25.0 Å². The molecule has 0 bridgehead atoms. The van der Waals surface area contributed by atoms with E-state index in [1.54, 1.807) is 7.11 Å². The molecule has 2 rings (SSSR count). The van der Waals surface area contributed by atoms with Gasteiger partial charge in [-0.25, -0.2) is 0 Å². The average molecular weight is 434 g/mol. The number of hydrogen-bond donors (Lipinski definition) is 2. The molecule has 0 amide bonds. The maximum absolute atomic E-state index is 12.0. The fourth-order valence-corrected chi connectivity index (χ4v) is 3.44. The van der Waals surface area contributed by atoms with Crippen molar-refractivity contribution in [3.05, 3.63) is 53.6 Å². The van der Waals surface area contributed by atoms with Crippen LogP contribution >= 0.6 is 0 Å². The number of likely N-dealkylation sites (N-methyl/N-ethyl adjacent to an activating group) is 1. The number of hydrogen-bond acceptors (Lipinski definition) is 7. The van der Waals surface area contributed by atoms with Gasteiger partial charge < -0.3 is 29.3 Å². The molecule has 0 radical (unpaired) electrons. The molecule has 7 heteroatoms. The summed E-state index contributed by atoms with van der Waals surface area (Å²) in [5, 5.41) is 17.9. The molecule has 0 saturated carbocycles. The highest BCUT2D eigenvalue weighted by Crippen LogP contribution is 2.23. The van der Waals surface area contributed by atoms with Crippen LogP contribution in [0.15, 0.2) is 48.1 Å². The van der Waals surface area contributed by atoms with Gasteiger partial charge in [0.15, 0.2) is 6.29 Å². The van der Waals surface area contributed by atoms with Gasteiger partial charge in [-0.2, -0.15) is 0 Å². The van der Waals surface area contributed by atoms with Gasteiger partial charge in [0.2, 0.25) is 0 Å². The van der Waals surface area contributed by atoms with Crippen molar-refractivity contribution >= 4 is 5.97 Å². The highest BCUT2D eigenvalue weighted by Gasteiger charge is 2.21. The van der Waals surface area contributed by atoms with Crippen LogP contribution in [0.25, 0.3) is 0 Å².